The summed E-state index contributed by atoms with van der Waals surface area (Å²) in [6, 6.07) is 2.55. The van der Waals surface area contributed by atoms with Crippen LogP contribution in [-0.2, 0) is 0 Å². The van der Waals surface area contributed by atoms with Crippen molar-refractivity contribution in [1.29, 1.82) is 0 Å². The van der Waals surface area contributed by atoms with Crippen molar-refractivity contribution < 1.29 is 5.11 Å². The van der Waals surface area contributed by atoms with Crippen molar-refractivity contribution in [1.82, 2.24) is 5.32 Å². The van der Waals surface area contributed by atoms with Crippen LogP contribution in [0.15, 0.2) is 6.07 Å². The fourth-order valence-corrected chi connectivity index (χ4v) is 3.06. The third-order valence-electron chi connectivity index (χ3n) is 3.60. The molecule has 0 aliphatic heterocycles. The molecule has 1 heterocycles. The summed E-state index contributed by atoms with van der Waals surface area (Å²) < 4.78 is 0. The van der Waals surface area contributed by atoms with E-state index in [2.05, 4.69) is 32.2 Å². The lowest BCUT2D eigenvalue weighted by atomic mass is 9.97. The standard InChI is InChI=1S/C14H25NOS/c1-6-14(16,7-2)9-15-11(4)13-8-10(3)17-12(13)5/h8,11,15-16H,6-7,9H2,1-5H3. The van der Waals surface area contributed by atoms with Gasteiger partial charge < -0.3 is 10.4 Å². The molecular formula is C14H25NOS. The summed E-state index contributed by atoms with van der Waals surface area (Å²) in [5.41, 5.74) is 0.801. The molecule has 98 valence electrons. The van der Waals surface area contributed by atoms with Gasteiger partial charge in [-0.3, -0.25) is 0 Å². The number of aryl methyl sites for hydroxylation is 2. The first kappa shape index (κ1) is 14.7. The maximum Gasteiger partial charge on any atom is 0.0766 e. The van der Waals surface area contributed by atoms with Crippen LogP contribution in [0.25, 0.3) is 0 Å². The third kappa shape index (κ3) is 3.80. The van der Waals surface area contributed by atoms with E-state index in [1.54, 1.807) is 0 Å². The van der Waals surface area contributed by atoms with E-state index in [0.717, 1.165) is 12.8 Å². The summed E-state index contributed by atoms with van der Waals surface area (Å²) in [5.74, 6) is 0. The van der Waals surface area contributed by atoms with E-state index in [0.29, 0.717) is 12.6 Å². The Hall–Kier alpha value is -0.380. The largest absolute Gasteiger partial charge is 0.389 e. The van der Waals surface area contributed by atoms with Crippen molar-refractivity contribution in [2.24, 2.45) is 0 Å². The number of hydrogen-bond acceptors (Lipinski definition) is 3. The average molecular weight is 255 g/mol. The third-order valence-corrected chi connectivity index (χ3v) is 4.58. The monoisotopic (exact) mass is 255 g/mol. The molecule has 0 amide bonds. The first-order valence-electron chi connectivity index (χ1n) is 6.44. The molecule has 0 aliphatic carbocycles. The molecule has 0 saturated carbocycles. The van der Waals surface area contributed by atoms with Gasteiger partial charge in [-0.1, -0.05) is 13.8 Å². The molecule has 0 fully saturated rings. The van der Waals surface area contributed by atoms with Gasteiger partial charge in [-0.2, -0.15) is 0 Å². The van der Waals surface area contributed by atoms with Crippen LogP contribution in [0.4, 0.5) is 0 Å². The Morgan fingerprint density at radius 2 is 1.94 bits per heavy atom. The van der Waals surface area contributed by atoms with Crippen molar-refractivity contribution in [3.05, 3.63) is 21.4 Å². The second-order valence-corrected chi connectivity index (χ2v) is 6.36. The van der Waals surface area contributed by atoms with E-state index < -0.39 is 5.60 Å². The SMILES string of the molecule is CCC(O)(CC)CNC(C)c1cc(C)sc1C. The first-order valence-corrected chi connectivity index (χ1v) is 7.26. The summed E-state index contributed by atoms with van der Waals surface area (Å²) in [6.07, 6.45) is 1.59. The number of aliphatic hydroxyl groups is 1. The Morgan fingerprint density at radius 3 is 2.35 bits per heavy atom. The fourth-order valence-electron chi connectivity index (χ4n) is 2.03. The number of nitrogens with one attached hydrogen (secondary N) is 1. The zero-order valence-corrected chi connectivity index (χ0v) is 12.4. The summed E-state index contributed by atoms with van der Waals surface area (Å²) in [6.45, 7) is 11.2. The molecule has 0 aliphatic rings. The lowest BCUT2D eigenvalue weighted by molar-refractivity contribution is 0.0303. The molecule has 17 heavy (non-hydrogen) atoms. The maximum atomic E-state index is 10.2. The van der Waals surface area contributed by atoms with Crippen LogP contribution in [-0.4, -0.2) is 17.3 Å². The van der Waals surface area contributed by atoms with E-state index in [1.165, 1.54) is 15.3 Å². The Balaban J connectivity index is 2.61. The lowest BCUT2D eigenvalue weighted by Crippen LogP contribution is -2.40. The lowest BCUT2D eigenvalue weighted by Gasteiger charge is -2.27. The van der Waals surface area contributed by atoms with E-state index in [-0.39, 0.29) is 0 Å². The number of rotatable bonds is 6. The van der Waals surface area contributed by atoms with Crippen LogP contribution in [0, 0.1) is 13.8 Å². The van der Waals surface area contributed by atoms with Gasteiger partial charge in [0.2, 0.25) is 0 Å². The smallest absolute Gasteiger partial charge is 0.0766 e. The Bertz CT molecular complexity index is 355. The fraction of sp³-hybridized carbons (Fsp3) is 0.714. The highest BCUT2D eigenvalue weighted by Crippen LogP contribution is 2.26. The van der Waals surface area contributed by atoms with Gasteiger partial charge in [0.25, 0.3) is 0 Å². The van der Waals surface area contributed by atoms with Crippen molar-refractivity contribution >= 4 is 11.3 Å². The first-order chi connectivity index (χ1) is 7.91. The Morgan fingerprint density at radius 1 is 1.35 bits per heavy atom. The predicted octanol–water partition coefficient (Wildman–Crippen LogP) is 3.57. The molecule has 2 nitrogen and oxygen atoms in total. The second-order valence-electron chi connectivity index (χ2n) is 4.90. The summed E-state index contributed by atoms with van der Waals surface area (Å²) >= 11 is 1.84. The minimum atomic E-state index is -0.562. The highest BCUT2D eigenvalue weighted by molar-refractivity contribution is 7.12. The molecule has 0 aromatic carbocycles. The minimum Gasteiger partial charge on any atom is -0.389 e. The van der Waals surface area contributed by atoms with Gasteiger partial charge in [-0.05, 0) is 45.2 Å². The molecule has 1 aromatic heterocycles. The Kier molecular flexibility index (Phi) is 5.17. The second kappa shape index (κ2) is 5.98. The molecule has 2 N–H and O–H groups in total. The van der Waals surface area contributed by atoms with Gasteiger partial charge in [0.1, 0.15) is 0 Å². The average Bonchev–Trinajstić information content (AvgIpc) is 2.65. The van der Waals surface area contributed by atoms with Crippen LogP contribution >= 0.6 is 11.3 Å². The molecule has 0 bridgehead atoms. The molecule has 0 saturated heterocycles. The molecule has 0 radical (unpaired) electrons. The molecule has 1 atom stereocenters. The normalized spacial score (nSPS) is 14.0. The molecule has 1 unspecified atom stereocenters. The summed E-state index contributed by atoms with van der Waals surface area (Å²) in [7, 11) is 0. The van der Waals surface area contributed by atoms with E-state index >= 15 is 0 Å². The van der Waals surface area contributed by atoms with Crippen molar-refractivity contribution in [2.75, 3.05) is 6.54 Å². The highest BCUT2D eigenvalue weighted by atomic mass is 32.1. The van der Waals surface area contributed by atoms with Crippen molar-refractivity contribution in [2.45, 2.75) is 59.1 Å². The Labute approximate surface area is 109 Å². The van der Waals surface area contributed by atoms with E-state index in [9.17, 15) is 5.11 Å². The van der Waals surface area contributed by atoms with Gasteiger partial charge in [0.05, 0.1) is 5.60 Å². The molecule has 1 rings (SSSR count). The van der Waals surface area contributed by atoms with Crippen LogP contribution < -0.4 is 5.32 Å². The van der Waals surface area contributed by atoms with Crippen LogP contribution in [0.1, 0.15) is 55.0 Å². The number of thiophene rings is 1. The summed E-state index contributed by atoms with van der Waals surface area (Å²) in [4.78, 5) is 2.73. The zero-order chi connectivity index (χ0) is 13.1. The topological polar surface area (TPSA) is 32.3 Å². The van der Waals surface area contributed by atoms with Gasteiger partial charge in [0.15, 0.2) is 0 Å². The quantitative estimate of drug-likeness (QED) is 0.814. The van der Waals surface area contributed by atoms with Crippen molar-refractivity contribution in [3.63, 3.8) is 0 Å². The van der Waals surface area contributed by atoms with Crippen molar-refractivity contribution in [3.8, 4) is 0 Å². The van der Waals surface area contributed by atoms with Crippen LogP contribution in [0.5, 0.6) is 0 Å². The highest BCUT2D eigenvalue weighted by Gasteiger charge is 2.23. The predicted molar refractivity (Wildman–Crippen MR) is 75.7 cm³/mol. The van der Waals surface area contributed by atoms with E-state index in [4.69, 9.17) is 0 Å². The molecule has 1 aromatic rings. The van der Waals surface area contributed by atoms with Gasteiger partial charge in [-0.15, -0.1) is 11.3 Å². The van der Waals surface area contributed by atoms with E-state index in [1.807, 2.05) is 25.2 Å². The zero-order valence-electron chi connectivity index (χ0n) is 11.6. The maximum absolute atomic E-state index is 10.2. The van der Waals surface area contributed by atoms with Gasteiger partial charge in [0, 0.05) is 22.3 Å². The van der Waals surface area contributed by atoms with Gasteiger partial charge >= 0.3 is 0 Å². The molecule has 3 heteroatoms. The number of hydrogen-bond donors (Lipinski definition) is 2. The minimum absolute atomic E-state index is 0.310. The summed E-state index contributed by atoms with van der Waals surface area (Å²) in [5, 5.41) is 13.7. The van der Waals surface area contributed by atoms with Crippen LogP contribution in [0.2, 0.25) is 0 Å². The van der Waals surface area contributed by atoms with Crippen LogP contribution in [0.3, 0.4) is 0 Å². The molecular weight excluding hydrogens is 230 g/mol. The molecule has 0 spiro atoms. The van der Waals surface area contributed by atoms with Gasteiger partial charge in [-0.25, -0.2) is 0 Å².